The SMILES string of the molecule is Cc1ccccc1/C=C/C(=O)N1CCN(c2ccc(N3CCN(C)CC3)nn2)CC1. The van der Waals surface area contributed by atoms with Crippen molar-refractivity contribution in [2.45, 2.75) is 6.92 Å². The largest absolute Gasteiger partial charge is 0.353 e. The van der Waals surface area contributed by atoms with E-state index in [9.17, 15) is 4.79 Å². The molecule has 2 aliphatic heterocycles. The van der Waals surface area contributed by atoms with Crippen LogP contribution in [0.5, 0.6) is 0 Å². The summed E-state index contributed by atoms with van der Waals surface area (Å²) in [5.74, 6) is 1.90. The van der Waals surface area contributed by atoms with E-state index in [2.05, 4.69) is 57.1 Å². The summed E-state index contributed by atoms with van der Waals surface area (Å²) in [6.07, 6.45) is 3.59. The van der Waals surface area contributed by atoms with Gasteiger partial charge in [-0.25, -0.2) is 0 Å². The van der Waals surface area contributed by atoms with Gasteiger partial charge >= 0.3 is 0 Å². The van der Waals surface area contributed by atoms with Crippen molar-refractivity contribution in [2.24, 2.45) is 0 Å². The van der Waals surface area contributed by atoms with Crippen LogP contribution >= 0.6 is 0 Å². The number of benzene rings is 1. The van der Waals surface area contributed by atoms with Gasteiger partial charge in [0.15, 0.2) is 11.6 Å². The fourth-order valence-corrected chi connectivity index (χ4v) is 3.89. The van der Waals surface area contributed by atoms with Gasteiger partial charge in [0, 0.05) is 58.4 Å². The summed E-state index contributed by atoms with van der Waals surface area (Å²) in [5, 5.41) is 8.91. The Balaban J connectivity index is 1.30. The molecule has 0 aliphatic carbocycles. The summed E-state index contributed by atoms with van der Waals surface area (Å²) >= 11 is 0. The molecule has 158 valence electrons. The average Bonchev–Trinajstić information content (AvgIpc) is 2.79. The summed E-state index contributed by atoms with van der Waals surface area (Å²) in [5.41, 5.74) is 2.25. The molecule has 0 spiro atoms. The molecule has 0 saturated carbocycles. The number of aryl methyl sites for hydroxylation is 1. The van der Waals surface area contributed by atoms with E-state index in [1.54, 1.807) is 6.08 Å². The van der Waals surface area contributed by atoms with Crippen molar-refractivity contribution in [2.75, 3.05) is 69.2 Å². The number of hydrogen-bond acceptors (Lipinski definition) is 6. The molecule has 30 heavy (non-hydrogen) atoms. The molecule has 2 saturated heterocycles. The van der Waals surface area contributed by atoms with Crippen molar-refractivity contribution in [3.05, 3.63) is 53.6 Å². The average molecular weight is 407 g/mol. The van der Waals surface area contributed by atoms with Crippen molar-refractivity contribution >= 4 is 23.6 Å². The van der Waals surface area contributed by atoms with Crippen LogP contribution < -0.4 is 9.80 Å². The molecule has 1 aromatic heterocycles. The van der Waals surface area contributed by atoms with Crippen molar-refractivity contribution < 1.29 is 4.79 Å². The molecule has 7 heteroatoms. The van der Waals surface area contributed by atoms with E-state index in [0.29, 0.717) is 13.1 Å². The van der Waals surface area contributed by atoms with Crippen LogP contribution in [-0.2, 0) is 4.79 Å². The molecule has 0 radical (unpaired) electrons. The number of hydrogen-bond donors (Lipinski definition) is 0. The highest BCUT2D eigenvalue weighted by molar-refractivity contribution is 5.92. The van der Waals surface area contributed by atoms with Crippen LogP contribution in [-0.4, -0.2) is 85.3 Å². The number of piperazine rings is 2. The van der Waals surface area contributed by atoms with Crippen LogP contribution in [0.25, 0.3) is 6.08 Å². The summed E-state index contributed by atoms with van der Waals surface area (Å²) in [6.45, 7) is 9.06. The summed E-state index contributed by atoms with van der Waals surface area (Å²) < 4.78 is 0. The fraction of sp³-hybridized carbons (Fsp3) is 0.435. The van der Waals surface area contributed by atoms with Crippen LogP contribution in [0.2, 0.25) is 0 Å². The van der Waals surface area contributed by atoms with E-state index in [1.807, 2.05) is 29.2 Å². The normalized spacial score (nSPS) is 18.3. The Morgan fingerprint density at radius 3 is 1.97 bits per heavy atom. The third-order valence-electron chi connectivity index (χ3n) is 5.97. The predicted octanol–water partition coefficient (Wildman–Crippen LogP) is 1.90. The van der Waals surface area contributed by atoms with E-state index >= 15 is 0 Å². The molecule has 3 heterocycles. The number of amides is 1. The van der Waals surface area contributed by atoms with Gasteiger partial charge in [-0.1, -0.05) is 24.3 Å². The van der Waals surface area contributed by atoms with Gasteiger partial charge in [-0.05, 0) is 43.3 Å². The van der Waals surface area contributed by atoms with Gasteiger partial charge in [-0.2, -0.15) is 0 Å². The van der Waals surface area contributed by atoms with Gasteiger partial charge in [0.25, 0.3) is 0 Å². The maximum absolute atomic E-state index is 12.6. The lowest BCUT2D eigenvalue weighted by Crippen LogP contribution is -2.48. The van der Waals surface area contributed by atoms with Gasteiger partial charge in [-0.15, -0.1) is 10.2 Å². The van der Waals surface area contributed by atoms with Crippen molar-refractivity contribution in [3.63, 3.8) is 0 Å². The highest BCUT2D eigenvalue weighted by Gasteiger charge is 2.21. The van der Waals surface area contributed by atoms with Gasteiger partial charge in [0.2, 0.25) is 5.91 Å². The molecule has 7 nitrogen and oxygen atoms in total. The molecular formula is C23H30N6O. The van der Waals surface area contributed by atoms with Crippen LogP contribution in [0.4, 0.5) is 11.6 Å². The second kappa shape index (κ2) is 9.26. The monoisotopic (exact) mass is 406 g/mol. The van der Waals surface area contributed by atoms with E-state index in [0.717, 1.165) is 56.5 Å². The Hall–Kier alpha value is -2.93. The zero-order valence-corrected chi connectivity index (χ0v) is 17.9. The van der Waals surface area contributed by atoms with Gasteiger partial charge in [0.1, 0.15) is 0 Å². The molecule has 0 atom stereocenters. The minimum absolute atomic E-state index is 0.0643. The lowest BCUT2D eigenvalue weighted by molar-refractivity contribution is -0.126. The summed E-state index contributed by atoms with van der Waals surface area (Å²) in [6, 6.07) is 12.2. The first-order valence-corrected chi connectivity index (χ1v) is 10.6. The highest BCUT2D eigenvalue weighted by Crippen LogP contribution is 2.18. The predicted molar refractivity (Wildman–Crippen MR) is 121 cm³/mol. The first-order chi connectivity index (χ1) is 14.6. The van der Waals surface area contributed by atoms with E-state index < -0.39 is 0 Å². The van der Waals surface area contributed by atoms with Crippen molar-refractivity contribution in [3.8, 4) is 0 Å². The van der Waals surface area contributed by atoms with Crippen LogP contribution in [0.15, 0.2) is 42.5 Å². The Bertz CT molecular complexity index is 881. The van der Waals surface area contributed by atoms with Crippen LogP contribution in [0.1, 0.15) is 11.1 Å². The molecule has 2 aromatic rings. The molecular weight excluding hydrogens is 376 g/mol. The summed E-state index contributed by atoms with van der Waals surface area (Å²) in [7, 11) is 2.15. The second-order valence-electron chi connectivity index (χ2n) is 8.04. The minimum Gasteiger partial charge on any atom is -0.353 e. The molecule has 2 aliphatic rings. The van der Waals surface area contributed by atoms with Crippen LogP contribution in [0, 0.1) is 6.92 Å². The number of rotatable bonds is 4. The van der Waals surface area contributed by atoms with Gasteiger partial charge < -0.3 is 19.6 Å². The molecule has 1 aromatic carbocycles. The molecule has 2 fully saturated rings. The second-order valence-corrected chi connectivity index (χ2v) is 8.04. The first kappa shape index (κ1) is 20.3. The minimum atomic E-state index is 0.0643. The molecule has 0 unspecified atom stereocenters. The Morgan fingerprint density at radius 2 is 1.40 bits per heavy atom. The van der Waals surface area contributed by atoms with E-state index in [4.69, 9.17) is 0 Å². The fourth-order valence-electron chi connectivity index (χ4n) is 3.89. The number of carbonyl (C=O) groups excluding carboxylic acids is 1. The standard InChI is InChI=1S/C23H30N6O/c1-19-5-3-4-6-20(19)7-10-23(30)29-17-15-28(16-18-29)22-9-8-21(24-25-22)27-13-11-26(2)12-14-27/h3-10H,11-18H2,1-2H3/b10-7+. The molecule has 4 rings (SSSR count). The van der Waals surface area contributed by atoms with Crippen molar-refractivity contribution in [1.29, 1.82) is 0 Å². The Morgan fingerprint density at radius 1 is 0.833 bits per heavy atom. The van der Waals surface area contributed by atoms with Gasteiger partial charge in [0.05, 0.1) is 0 Å². The van der Waals surface area contributed by atoms with Crippen LogP contribution in [0.3, 0.4) is 0 Å². The van der Waals surface area contributed by atoms with E-state index in [-0.39, 0.29) is 5.91 Å². The zero-order chi connectivity index (χ0) is 20.9. The highest BCUT2D eigenvalue weighted by atomic mass is 16.2. The Kier molecular flexibility index (Phi) is 6.28. The van der Waals surface area contributed by atoms with Crippen molar-refractivity contribution in [1.82, 2.24) is 20.0 Å². The maximum atomic E-state index is 12.6. The molecule has 0 N–H and O–H groups in total. The number of carbonyl (C=O) groups is 1. The summed E-state index contributed by atoms with van der Waals surface area (Å²) in [4.78, 5) is 21.3. The van der Waals surface area contributed by atoms with E-state index in [1.165, 1.54) is 5.56 Å². The third-order valence-corrected chi connectivity index (χ3v) is 5.97. The zero-order valence-electron chi connectivity index (χ0n) is 17.9. The molecule has 0 bridgehead atoms. The number of aromatic nitrogens is 2. The number of likely N-dealkylation sites (N-methyl/N-ethyl adjacent to an activating group) is 1. The number of anilines is 2. The topological polar surface area (TPSA) is 55.8 Å². The third kappa shape index (κ3) is 4.79. The number of nitrogens with zero attached hydrogens (tertiary/aromatic N) is 6. The Labute approximate surface area is 178 Å². The lowest BCUT2D eigenvalue weighted by Gasteiger charge is -2.35. The van der Waals surface area contributed by atoms with Gasteiger partial charge in [-0.3, -0.25) is 4.79 Å². The quantitative estimate of drug-likeness (QED) is 0.723. The lowest BCUT2D eigenvalue weighted by atomic mass is 10.1. The maximum Gasteiger partial charge on any atom is 0.246 e. The first-order valence-electron chi connectivity index (χ1n) is 10.6. The smallest absolute Gasteiger partial charge is 0.246 e. The molecule has 1 amide bonds.